The van der Waals surface area contributed by atoms with Gasteiger partial charge in [0.1, 0.15) is 17.7 Å². The van der Waals surface area contributed by atoms with Crippen LogP contribution >= 0.6 is 0 Å². The summed E-state index contributed by atoms with van der Waals surface area (Å²) < 4.78 is 23.8. The number of benzene rings is 1. The molecule has 1 aliphatic heterocycles. The van der Waals surface area contributed by atoms with Gasteiger partial charge >= 0.3 is 0 Å². The van der Waals surface area contributed by atoms with Crippen LogP contribution in [-0.4, -0.2) is 53.6 Å². The molecule has 1 aromatic carbocycles. The normalized spacial score (nSPS) is 17.9. The van der Waals surface area contributed by atoms with Gasteiger partial charge in [0.15, 0.2) is 0 Å². The second-order valence-electron chi connectivity index (χ2n) is 5.61. The Morgan fingerprint density at radius 2 is 2.16 bits per heavy atom. The Morgan fingerprint density at radius 3 is 2.84 bits per heavy atom. The van der Waals surface area contributed by atoms with Crippen molar-refractivity contribution in [3.8, 4) is 11.6 Å². The molecule has 0 aliphatic carbocycles. The number of ether oxygens (including phenoxy) is 2. The second kappa shape index (κ2) is 8.00. The predicted molar refractivity (Wildman–Crippen MR) is 87.6 cm³/mol. The highest BCUT2D eigenvalue weighted by Gasteiger charge is 2.26. The minimum Gasteiger partial charge on any atom is -0.438 e. The van der Waals surface area contributed by atoms with E-state index in [1.165, 1.54) is 30.5 Å². The summed E-state index contributed by atoms with van der Waals surface area (Å²) in [5.41, 5.74) is 0.768. The third-order valence-electron chi connectivity index (χ3n) is 3.79. The highest BCUT2D eigenvalue weighted by Crippen LogP contribution is 2.19. The molecule has 2 aromatic rings. The number of nitrogens with one attached hydrogen (secondary N) is 1. The van der Waals surface area contributed by atoms with E-state index in [1.54, 1.807) is 13.2 Å². The van der Waals surface area contributed by atoms with E-state index in [1.807, 2.05) is 0 Å². The zero-order valence-corrected chi connectivity index (χ0v) is 13.8. The molecule has 1 N–H and O–H groups in total. The summed E-state index contributed by atoms with van der Waals surface area (Å²) in [4.78, 5) is 22.3. The first-order valence-corrected chi connectivity index (χ1v) is 7.94. The molecule has 7 nitrogen and oxygen atoms in total. The number of rotatable bonds is 5. The van der Waals surface area contributed by atoms with Crippen molar-refractivity contribution in [2.24, 2.45) is 0 Å². The van der Waals surface area contributed by atoms with Crippen molar-refractivity contribution in [3.05, 3.63) is 48.2 Å². The number of amides is 1. The minimum atomic E-state index is -0.465. The number of nitrogens with zero attached hydrogens (tertiary/aromatic N) is 3. The molecule has 2 heterocycles. The van der Waals surface area contributed by atoms with Crippen molar-refractivity contribution in [3.63, 3.8) is 0 Å². The maximum Gasteiger partial charge on any atom is 0.250 e. The van der Waals surface area contributed by atoms with Crippen LogP contribution in [0.25, 0.3) is 0 Å². The fraction of sp³-hybridized carbons (Fsp3) is 0.353. The molecule has 0 spiro atoms. The third-order valence-corrected chi connectivity index (χ3v) is 3.79. The summed E-state index contributed by atoms with van der Waals surface area (Å²) in [6.07, 6.45) is 2.69. The monoisotopic (exact) mass is 346 g/mol. The maximum absolute atomic E-state index is 12.9. The van der Waals surface area contributed by atoms with Gasteiger partial charge in [0.05, 0.1) is 24.7 Å². The molecule has 25 heavy (non-hydrogen) atoms. The number of morpholine rings is 1. The molecule has 1 saturated heterocycles. The Morgan fingerprint density at radius 1 is 1.36 bits per heavy atom. The fourth-order valence-electron chi connectivity index (χ4n) is 2.50. The smallest absolute Gasteiger partial charge is 0.250 e. The van der Waals surface area contributed by atoms with E-state index in [-0.39, 0.29) is 11.7 Å². The first-order chi connectivity index (χ1) is 12.1. The summed E-state index contributed by atoms with van der Waals surface area (Å²) in [6, 6.07) is 5.69. The maximum atomic E-state index is 12.9. The van der Waals surface area contributed by atoms with Crippen LogP contribution in [0.15, 0.2) is 36.7 Å². The van der Waals surface area contributed by atoms with E-state index in [4.69, 9.17) is 9.47 Å². The third kappa shape index (κ3) is 4.71. The Bertz CT molecular complexity index is 709. The Labute approximate surface area is 144 Å². The van der Waals surface area contributed by atoms with Crippen LogP contribution in [0.2, 0.25) is 0 Å². The lowest BCUT2D eigenvalue weighted by atomic mass is 10.2. The Hall–Kier alpha value is -2.58. The van der Waals surface area contributed by atoms with Crippen LogP contribution in [0, 0.1) is 5.82 Å². The SMILES string of the molecule is CNC(=O)C1CN(Cc2cnc(Oc3ccc(F)cc3)cn2)CCO1. The number of aromatic nitrogens is 2. The molecule has 132 valence electrons. The molecular formula is C17H19FN4O3. The molecule has 1 fully saturated rings. The second-order valence-corrected chi connectivity index (χ2v) is 5.61. The van der Waals surface area contributed by atoms with Crippen LogP contribution in [0.1, 0.15) is 5.69 Å². The molecular weight excluding hydrogens is 327 g/mol. The van der Waals surface area contributed by atoms with Crippen LogP contribution in [-0.2, 0) is 16.1 Å². The van der Waals surface area contributed by atoms with Crippen LogP contribution in [0.5, 0.6) is 11.6 Å². The highest BCUT2D eigenvalue weighted by atomic mass is 19.1. The lowest BCUT2D eigenvalue weighted by Crippen LogP contribution is -2.48. The summed E-state index contributed by atoms with van der Waals surface area (Å²) in [5.74, 6) is 0.374. The molecule has 0 radical (unpaired) electrons. The van der Waals surface area contributed by atoms with Gasteiger partial charge in [-0.25, -0.2) is 9.37 Å². The van der Waals surface area contributed by atoms with Crippen LogP contribution < -0.4 is 10.1 Å². The van der Waals surface area contributed by atoms with E-state index in [0.717, 1.165) is 12.2 Å². The van der Waals surface area contributed by atoms with Gasteiger partial charge < -0.3 is 14.8 Å². The molecule has 3 rings (SSSR count). The average Bonchev–Trinajstić information content (AvgIpc) is 2.65. The lowest BCUT2D eigenvalue weighted by molar-refractivity contribution is -0.138. The zero-order valence-electron chi connectivity index (χ0n) is 13.8. The highest BCUT2D eigenvalue weighted by molar-refractivity contribution is 5.80. The first kappa shape index (κ1) is 17.2. The summed E-state index contributed by atoms with van der Waals surface area (Å²) in [6.45, 7) is 2.30. The number of carbonyl (C=O) groups excluding carboxylic acids is 1. The van der Waals surface area contributed by atoms with Crippen molar-refractivity contribution in [1.82, 2.24) is 20.2 Å². The molecule has 1 aromatic heterocycles. The molecule has 1 unspecified atom stereocenters. The minimum absolute atomic E-state index is 0.126. The van der Waals surface area contributed by atoms with E-state index in [0.29, 0.717) is 31.3 Å². The van der Waals surface area contributed by atoms with E-state index < -0.39 is 6.10 Å². The average molecular weight is 346 g/mol. The van der Waals surface area contributed by atoms with Gasteiger partial charge in [-0.2, -0.15) is 0 Å². The molecule has 1 aliphatic rings. The van der Waals surface area contributed by atoms with Crippen molar-refractivity contribution in [2.75, 3.05) is 26.7 Å². The molecule has 0 bridgehead atoms. The van der Waals surface area contributed by atoms with E-state index >= 15 is 0 Å². The number of hydrogen-bond acceptors (Lipinski definition) is 6. The van der Waals surface area contributed by atoms with Crippen molar-refractivity contribution in [2.45, 2.75) is 12.6 Å². The number of likely N-dealkylation sites (N-methyl/N-ethyl adjacent to an activating group) is 1. The van der Waals surface area contributed by atoms with Gasteiger partial charge in [0, 0.05) is 26.7 Å². The number of halogens is 1. The Kier molecular flexibility index (Phi) is 5.52. The van der Waals surface area contributed by atoms with E-state index in [9.17, 15) is 9.18 Å². The van der Waals surface area contributed by atoms with Gasteiger partial charge in [0.2, 0.25) is 11.8 Å². The zero-order chi connectivity index (χ0) is 17.6. The van der Waals surface area contributed by atoms with Crippen molar-refractivity contribution >= 4 is 5.91 Å². The largest absolute Gasteiger partial charge is 0.438 e. The summed E-state index contributed by atoms with van der Waals surface area (Å²) in [5, 5.41) is 2.59. The standard InChI is InChI=1S/C17H19FN4O3/c1-19-17(23)15-11-22(6-7-24-15)10-13-8-21-16(9-20-13)25-14-4-2-12(18)3-5-14/h2-5,8-9,15H,6-7,10-11H2,1H3,(H,19,23). The topological polar surface area (TPSA) is 76.6 Å². The summed E-state index contributed by atoms with van der Waals surface area (Å²) in [7, 11) is 1.59. The Balaban J connectivity index is 1.57. The van der Waals surface area contributed by atoms with Gasteiger partial charge in [-0.15, -0.1) is 0 Å². The molecule has 1 amide bonds. The predicted octanol–water partition coefficient (Wildman–Crippen LogP) is 1.35. The van der Waals surface area contributed by atoms with Gasteiger partial charge in [-0.05, 0) is 24.3 Å². The van der Waals surface area contributed by atoms with Crippen LogP contribution in [0.4, 0.5) is 4.39 Å². The van der Waals surface area contributed by atoms with Gasteiger partial charge in [-0.1, -0.05) is 0 Å². The van der Waals surface area contributed by atoms with Gasteiger partial charge in [0.25, 0.3) is 0 Å². The fourth-order valence-corrected chi connectivity index (χ4v) is 2.50. The van der Waals surface area contributed by atoms with Crippen molar-refractivity contribution in [1.29, 1.82) is 0 Å². The molecule has 8 heteroatoms. The lowest BCUT2D eigenvalue weighted by Gasteiger charge is -2.31. The number of hydrogen-bond donors (Lipinski definition) is 1. The van der Waals surface area contributed by atoms with Gasteiger partial charge in [-0.3, -0.25) is 14.7 Å². The number of carbonyl (C=O) groups is 1. The summed E-state index contributed by atoms with van der Waals surface area (Å²) >= 11 is 0. The van der Waals surface area contributed by atoms with E-state index in [2.05, 4.69) is 20.2 Å². The molecule has 0 saturated carbocycles. The quantitative estimate of drug-likeness (QED) is 0.881. The first-order valence-electron chi connectivity index (χ1n) is 7.94. The van der Waals surface area contributed by atoms with Crippen molar-refractivity contribution < 1.29 is 18.7 Å². The molecule has 1 atom stereocenters. The van der Waals surface area contributed by atoms with Crippen LogP contribution in [0.3, 0.4) is 0 Å².